The zero-order chi connectivity index (χ0) is 40.8. The summed E-state index contributed by atoms with van der Waals surface area (Å²) in [4.78, 5) is 63.8. The molecule has 0 bridgehead atoms. The Morgan fingerprint density at radius 2 is 1.42 bits per heavy atom. The molecule has 4 aromatic carbocycles. The molecule has 0 aromatic heterocycles. The lowest BCUT2D eigenvalue weighted by Crippen LogP contribution is -2.59. The smallest absolute Gasteiger partial charge is 0.233 e. The van der Waals surface area contributed by atoms with Crippen LogP contribution in [0.3, 0.4) is 0 Å². The first-order valence-electron chi connectivity index (χ1n) is 20.6. The first kappa shape index (κ1) is 38.5. The third-order valence-corrected chi connectivity index (χ3v) is 13.6. The molecule has 1 N–H and O–H groups in total. The number of piperidine rings is 1. The van der Waals surface area contributed by atoms with Gasteiger partial charge in [-0.25, -0.2) is 0 Å². The molecule has 300 valence electrons. The van der Waals surface area contributed by atoms with Crippen molar-refractivity contribution in [3.05, 3.63) is 149 Å². The summed E-state index contributed by atoms with van der Waals surface area (Å²) in [5.41, 5.74) is 3.22. The number of carbonyl (C=O) groups is 4. The lowest BCUT2D eigenvalue weighted by Gasteiger charge is -2.54. The second kappa shape index (κ2) is 15.6. The van der Waals surface area contributed by atoms with Crippen LogP contribution in [-0.2, 0) is 31.1 Å². The number of ether oxygens (including phenoxy) is 2. The number of hydrogen-bond donors (Lipinski definition) is 1. The molecule has 2 heterocycles. The maximum Gasteiger partial charge on any atom is 0.233 e. The number of rotatable bonds is 9. The molecule has 0 spiro atoms. The number of allylic oxidation sites excluding steroid dienone is 5. The number of fused-ring (bicyclic) bond motifs is 4. The van der Waals surface area contributed by atoms with E-state index in [-0.39, 0.29) is 53.1 Å². The predicted molar refractivity (Wildman–Crippen MR) is 224 cm³/mol. The molecule has 0 radical (unpaired) electrons. The molecular weight excluding hydrogens is 741 g/mol. The van der Waals surface area contributed by atoms with E-state index in [9.17, 15) is 14.7 Å². The molecule has 59 heavy (non-hydrogen) atoms. The van der Waals surface area contributed by atoms with Crippen LogP contribution in [0.4, 0.5) is 0 Å². The molecule has 9 heteroatoms. The van der Waals surface area contributed by atoms with Crippen LogP contribution in [0.25, 0.3) is 11.6 Å². The van der Waals surface area contributed by atoms with Crippen molar-refractivity contribution in [2.75, 3.05) is 27.3 Å². The fraction of sp³-hybridized carbons (Fsp3) is 0.320. The van der Waals surface area contributed by atoms with E-state index in [2.05, 4.69) is 23.1 Å². The largest absolute Gasteiger partial charge is 0.502 e. The van der Waals surface area contributed by atoms with Crippen molar-refractivity contribution in [2.24, 2.45) is 29.6 Å². The van der Waals surface area contributed by atoms with Crippen LogP contribution in [0.5, 0.6) is 17.2 Å². The van der Waals surface area contributed by atoms with Gasteiger partial charge < -0.3 is 14.6 Å². The van der Waals surface area contributed by atoms with E-state index in [1.54, 1.807) is 17.0 Å². The van der Waals surface area contributed by atoms with E-state index < -0.39 is 35.0 Å². The summed E-state index contributed by atoms with van der Waals surface area (Å²) in [6.45, 7) is 2.39. The Hall–Kier alpha value is -6.06. The number of benzene rings is 4. The highest BCUT2D eigenvalue weighted by Gasteiger charge is 2.65. The normalized spacial score (nSPS) is 27.2. The number of ketones is 2. The molecule has 1 saturated carbocycles. The Morgan fingerprint density at radius 3 is 2.07 bits per heavy atom. The summed E-state index contributed by atoms with van der Waals surface area (Å²) < 4.78 is 10.9. The lowest BCUT2D eigenvalue weighted by atomic mass is 9.45. The molecular formula is C50H48N2O7. The van der Waals surface area contributed by atoms with Gasteiger partial charge in [0.25, 0.3) is 0 Å². The summed E-state index contributed by atoms with van der Waals surface area (Å²) >= 11 is 0. The van der Waals surface area contributed by atoms with Crippen LogP contribution in [-0.4, -0.2) is 71.6 Å². The minimum atomic E-state index is -1.33. The SMILES string of the molecule is COc1cc(C=CC2C3=CCC4C(=O)N(C5CCN(Cc6ccccc6)CC5)C(=O)C4C3CC3C(=O)C(c4ccccc4)=CC(=O)C23c2ccccc2)cc(OC)c1O. The van der Waals surface area contributed by atoms with Crippen molar-refractivity contribution >= 4 is 35.0 Å². The zero-order valence-electron chi connectivity index (χ0n) is 33.3. The van der Waals surface area contributed by atoms with Crippen molar-refractivity contribution in [3.63, 3.8) is 0 Å². The summed E-state index contributed by atoms with van der Waals surface area (Å²) in [7, 11) is 2.93. The van der Waals surface area contributed by atoms with Gasteiger partial charge in [-0.1, -0.05) is 115 Å². The van der Waals surface area contributed by atoms with E-state index in [4.69, 9.17) is 9.47 Å². The van der Waals surface area contributed by atoms with E-state index in [0.29, 0.717) is 36.0 Å². The third-order valence-electron chi connectivity index (χ3n) is 13.6. The summed E-state index contributed by atoms with van der Waals surface area (Å²) in [5.74, 6) is -3.38. The average molecular weight is 789 g/mol. The number of likely N-dealkylation sites (tertiary alicyclic amines) is 2. The zero-order valence-corrected chi connectivity index (χ0v) is 33.3. The van der Waals surface area contributed by atoms with Gasteiger partial charge >= 0.3 is 0 Å². The second-order valence-electron chi connectivity index (χ2n) is 16.5. The van der Waals surface area contributed by atoms with E-state index >= 15 is 9.59 Å². The molecule has 4 aromatic rings. The summed E-state index contributed by atoms with van der Waals surface area (Å²) in [6, 6.07) is 32.4. The maximum atomic E-state index is 15.3. The number of methoxy groups -OCH3 is 2. The Kier molecular flexibility index (Phi) is 10.2. The fourth-order valence-corrected chi connectivity index (χ4v) is 10.9. The number of Topliss-reactive ketones (excluding diaryl/α,β-unsaturated/α-hetero) is 1. The van der Waals surface area contributed by atoms with Crippen molar-refractivity contribution in [2.45, 2.75) is 43.7 Å². The van der Waals surface area contributed by atoms with Gasteiger partial charge in [0.2, 0.25) is 17.6 Å². The van der Waals surface area contributed by atoms with Crippen LogP contribution < -0.4 is 9.47 Å². The van der Waals surface area contributed by atoms with Crippen LogP contribution in [0.2, 0.25) is 0 Å². The van der Waals surface area contributed by atoms with Gasteiger partial charge in [-0.2, -0.15) is 0 Å². The molecule has 2 saturated heterocycles. The number of aromatic hydroxyl groups is 1. The minimum absolute atomic E-state index is 0.122. The van der Waals surface area contributed by atoms with Crippen molar-refractivity contribution < 1.29 is 33.8 Å². The number of amides is 2. The highest BCUT2D eigenvalue weighted by molar-refractivity contribution is 6.31. The van der Waals surface area contributed by atoms with Gasteiger partial charge in [-0.15, -0.1) is 0 Å². The first-order chi connectivity index (χ1) is 28.7. The Bertz CT molecular complexity index is 2360. The Morgan fingerprint density at radius 1 is 0.797 bits per heavy atom. The molecule has 3 aliphatic carbocycles. The highest BCUT2D eigenvalue weighted by atomic mass is 16.5. The Labute approximate surface area is 344 Å². The monoisotopic (exact) mass is 788 g/mol. The van der Waals surface area contributed by atoms with Crippen molar-refractivity contribution in [3.8, 4) is 17.2 Å². The number of phenols is 1. The Balaban J connectivity index is 1.13. The van der Waals surface area contributed by atoms with Gasteiger partial charge in [0.05, 0.1) is 31.5 Å². The quantitative estimate of drug-likeness (QED) is 0.138. The molecule has 5 aliphatic rings. The molecule has 6 unspecified atom stereocenters. The van der Waals surface area contributed by atoms with Crippen LogP contribution in [0.1, 0.15) is 47.9 Å². The molecule has 3 fully saturated rings. The number of imide groups is 1. The minimum Gasteiger partial charge on any atom is -0.502 e. The highest BCUT2D eigenvalue weighted by Crippen LogP contribution is 2.61. The first-order valence-corrected chi connectivity index (χ1v) is 20.6. The van der Waals surface area contributed by atoms with Gasteiger partial charge in [-0.3, -0.25) is 29.0 Å². The number of nitrogens with zero attached hydrogens (tertiary/aromatic N) is 2. The molecule has 9 nitrogen and oxygen atoms in total. The van der Waals surface area contributed by atoms with Crippen LogP contribution >= 0.6 is 0 Å². The van der Waals surface area contributed by atoms with Crippen LogP contribution in [0.15, 0.2) is 127 Å². The topological polar surface area (TPSA) is 113 Å². The molecule has 2 aliphatic heterocycles. The van der Waals surface area contributed by atoms with E-state index in [1.807, 2.05) is 91.0 Å². The number of carbonyl (C=O) groups excluding carboxylic acids is 4. The number of hydrogen-bond acceptors (Lipinski definition) is 8. The molecule has 6 atom stereocenters. The predicted octanol–water partition coefficient (Wildman–Crippen LogP) is 7.44. The van der Waals surface area contributed by atoms with Crippen molar-refractivity contribution in [1.82, 2.24) is 9.80 Å². The van der Waals surface area contributed by atoms with Gasteiger partial charge in [-0.05, 0) is 72.1 Å². The maximum absolute atomic E-state index is 15.3. The lowest BCUT2D eigenvalue weighted by molar-refractivity contribution is -0.144. The standard InChI is InChI=1S/C50H48N2O7/c1-58-42-26-32(27-43(59-2)47(42)55)18-21-40-36-19-20-37-45(49(57)52(48(37)56)35-22-24-51(25-23-35)30-31-12-6-3-7-13-31)39(36)28-41-46(54)38(33-14-8-4-9-15-33)29-44(53)50(40,41)34-16-10-5-11-17-34/h3-19,21,26-27,29,35,37,39-41,45,55H,20,22-25,28,30H2,1-2H3. The number of phenolic OH excluding ortho intramolecular Hbond substituents is 1. The average Bonchev–Trinajstić information content (AvgIpc) is 3.53. The third kappa shape index (κ3) is 6.43. The summed E-state index contributed by atoms with van der Waals surface area (Å²) in [6.07, 6.45) is 9.50. The van der Waals surface area contributed by atoms with Gasteiger partial charge in [0, 0.05) is 43.1 Å². The van der Waals surface area contributed by atoms with Crippen molar-refractivity contribution in [1.29, 1.82) is 0 Å². The molecule has 2 amide bonds. The molecule has 9 rings (SSSR count). The van der Waals surface area contributed by atoms with Gasteiger partial charge in [0.1, 0.15) is 0 Å². The fourth-order valence-electron chi connectivity index (χ4n) is 10.9. The second-order valence-corrected chi connectivity index (χ2v) is 16.5. The van der Waals surface area contributed by atoms with Gasteiger partial charge in [0.15, 0.2) is 23.1 Å². The van der Waals surface area contributed by atoms with Crippen LogP contribution in [0, 0.1) is 29.6 Å². The van der Waals surface area contributed by atoms with E-state index in [0.717, 1.165) is 30.8 Å². The van der Waals surface area contributed by atoms with E-state index in [1.165, 1.54) is 25.9 Å². The summed E-state index contributed by atoms with van der Waals surface area (Å²) in [5, 5.41) is 10.7.